The van der Waals surface area contributed by atoms with E-state index in [-0.39, 0.29) is 0 Å². The fraction of sp³-hybridized carbons (Fsp3) is 0.923. The fourth-order valence-electron chi connectivity index (χ4n) is 2.35. The first kappa shape index (κ1) is 14.5. The van der Waals surface area contributed by atoms with E-state index in [1.165, 1.54) is 19.5 Å². The van der Waals surface area contributed by atoms with Crippen molar-refractivity contribution in [2.45, 2.75) is 45.6 Å². The van der Waals surface area contributed by atoms with Crippen molar-refractivity contribution in [2.24, 2.45) is 23.3 Å². The molecule has 0 radical (unpaired) electrons. The molecule has 1 heterocycles. The Morgan fingerprint density at radius 2 is 2.06 bits per heavy atom. The second-order valence-electron chi connectivity index (χ2n) is 5.93. The highest BCUT2D eigenvalue weighted by atomic mass is 16.1. The van der Waals surface area contributed by atoms with E-state index < -0.39 is 11.4 Å². The predicted octanol–water partition coefficient (Wildman–Crippen LogP) is 0.947. The van der Waals surface area contributed by atoms with Gasteiger partial charge >= 0.3 is 0 Å². The van der Waals surface area contributed by atoms with Gasteiger partial charge in [-0.1, -0.05) is 13.8 Å². The maximum atomic E-state index is 11.1. The molecule has 4 heteroatoms. The first-order valence-corrected chi connectivity index (χ1v) is 6.64. The van der Waals surface area contributed by atoms with Gasteiger partial charge in [0.15, 0.2) is 0 Å². The van der Waals surface area contributed by atoms with Crippen molar-refractivity contribution in [3.63, 3.8) is 0 Å². The second kappa shape index (κ2) is 5.83. The molecule has 0 bridgehead atoms. The molecule has 1 aliphatic rings. The van der Waals surface area contributed by atoms with E-state index in [9.17, 15) is 4.79 Å². The zero-order valence-electron chi connectivity index (χ0n) is 11.4. The van der Waals surface area contributed by atoms with Gasteiger partial charge < -0.3 is 16.4 Å². The van der Waals surface area contributed by atoms with Crippen LogP contribution in [-0.2, 0) is 4.79 Å². The van der Waals surface area contributed by atoms with Crippen LogP contribution in [0.1, 0.15) is 40.0 Å². The Bertz CT molecular complexity index is 265. The van der Waals surface area contributed by atoms with Crippen LogP contribution < -0.4 is 11.5 Å². The van der Waals surface area contributed by atoms with Crippen molar-refractivity contribution in [3.05, 3.63) is 0 Å². The molecule has 0 aromatic heterocycles. The van der Waals surface area contributed by atoms with E-state index in [0.29, 0.717) is 6.42 Å². The van der Waals surface area contributed by atoms with Crippen LogP contribution in [0, 0.1) is 11.8 Å². The molecule has 0 saturated carbocycles. The van der Waals surface area contributed by atoms with Gasteiger partial charge in [0.05, 0.1) is 5.54 Å². The highest BCUT2D eigenvalue weighted by molar-refractivity contribution is 5.83. The highest BCUT2D eigenvalue weighted by Gasteiger charge is 2.26. The predicted molar refractivity (Wildman–Crippen MR) is 70.4 cm³/mol. The number of rotatable bonds is 5. The number of likely N-dealkylation sites (tertiary alicyclic amines) is 1. The molecule has 17 heavy (non-hydrogen) atoms. The van der Waals surface area contributed by atoms with Gasteiger partial charge in [-0.05, 0) is 51.1 Å². The third-order valence-electron chi connectivity index (χ3n) is 4.15. The maximum absolute atomic E-state index is 11.1. The Balaban J connectivity index is 2.26. The van der Waals surface area contributed by atoms with Crippen LogP contribution in [0.25, 0.3) is 0 Å². The topological polar surface area (TPSA) is 72.3 Å². The lowest BCUT2D eigenvalue weighted by molar-refractivity contribution is -0.122. The Morgan fingerprint density at radius 1 is 1.41 bits per heavy atom. The summed E-state index contributed by atoms with van der Waals surface area (Å²) in [5.74, 6) is 1.19. The quantitative estimate of drug-likeness (QED) is 0.752. The number of hydrogen-bond donors (Lipinski definition) is 2. The van der Waals surface area contributed by atoms with Crippen LogP contribution in [0.5, 0.6) is 0 Å². The Kier molecular flexibility index (Phi) is 4.95. The van der Waals surface area contributed by atoms with E-state index in [1.807, 2.05) is 0 Å². The molecular formula is C13H27N3O. The largest absolute Gasteiger partial charge is 0.368 e. The van der Waals surface area contributed by atoms with Crippen molar-refractivity contribution >= 4 is 5.91 Å². The van der Waals surface area contributed by atoms with Gasteiger partial charge in [0, 0.05) is 6.54 Å². The number of piperidine rings is 1. The van der Waals surface area contributed by atoms with Gasteiger partial charge in [-0.15, -0.1) is 0 Å². The average Bonchev–Trinajstić information content (AvgIpc) is 2.23. The molecule has 0 aromatic rings. The summed E-state index contributed by atoms with van der Waals surface area (Å²) in [7, 11) is 0. The number of nitrogens with two attached hydrogens (primary N) is 2. The minimum Gasteiger partial charge on any atom is -0.368 e. The van der Waals surface area contributed by atoms with Gasteiger partial charge in [-0.2, -0.15) is 0 Å². The summed E-state index contributed by atoms with van der Waals surface area (Å²) in [5, 5.41) is 0. The van der Waals surface area contributed by atoms with Gasteiger partial charge in [-0.3, -0.25) is 4.79 Å². The van der Waals surface area contributed by atoms with E-state index >= 15 is 0 Å². The minimum absolute atomic E-state index is 0.405. The van der Waals surface area contributed by atoms with Crippen LogP contribution in [0.2, 0.25) is 0 Å². The third kappa shape index (κ3) is 4.28. The average molecular weight is 241 g/mol. The zero-order valence-corrected chi connectivity index (χ0v) is 11.4. The number of primary amides is 1. The molecule has 3 atom stereocenters. The Hall–Kier alpha value is -0.610. The van der Waals surface area contributed by atoms with Crippen molar-refractivity contribution < 1.29 is 4.79 Å². The van der Waals surface area contributed by atoms with Crippen molar-refractivity contribution in [3.8, 4) is 0 Å². The third-order valence-corrected chi connectivity index (χ3v) is 4.15. The van der Waals surface area contributed by atoms with Gasteiger partial charge in [-0.25, -0.2) is 0 Å². The molecule has 0 aromatic carbocycles. The van der Waals surface area contributed by atoms with E-state index in [1.54, 1.807) is 6.92 Å². The minimum atomic E-state index is -0.852. The number of amides is 1. The Labute approximate surface area is 105 Å². The van der Waals surface area contributed by atoms with Crippen LogP contribution in [-0.4, -0.2) is 36.0 Å². The number of hydrogen-bond acceptors (Lipinski definition) is 3. The highest BCUT2D eigenvalue weighted by Crippen LogP contribution is 2.22. The van der Waals surface area contributed by atoms with Crippen LogP contribution in [0.4, 0.5) is 0 Å². The molecule has 1 amide bonds. The summed E-state index contributed by atoms with van der Waals surface area (Å²) in [6, 6.07) is 0. The van der Waals surface area contributed by atoms with Gasteiger partial charge in [0.1, 0.15) is 0 Å². The molecule has 0 aliphatic carbocycles. The second-order valence-corrected chi connectivity index (χ2v) is 5.93. The monoisotopic (exact) mass is 241 g/mol. The van der Waals surface area contributed by atoms with Gasteiger partial charge in [0.25, 0.3) is 0 Å². The fourth-order valence-corrected chi connectivity index (χ4v) is 2.35. The van der Waals surface area contributed by atoms with Crippen LogP contribution in [0.15, 0.2) is 0 Å². The molecule has 4 N–H and O–H groups in total. The number of nitrogens with zero attached hydrogens (tertiary/aromatic N) is 1. The van der Waals surface area contributed by atoms with Crippen molar-refractivity contribution in [2.75, 3.05) is 19.6 Å². The van der Waals surface area contributed by atoms with Gasteiger partial charge in [0.2, 0.25) is 5.91 Å². The lowest BCUT2D eigenvalue weighted by Gasteiger charge is -2.35. The zero-order chi connectivity index (χ0) is 13.1. The molecule has 100 valence electrons. The van der Waals surface area contributed by atoms with E-state index in [2.05, 4.69) is 18.7 Å². The lowest BCUT2D eigenvalue weighted by atomic mass is 9.88. The normalized spacial score (nSPS) is 29.9. The maximum Gasteiger partial charge on any atom is 0.237 e. The molecule has 1 saturated heterocycles. The summed E-state index contributed by atoms with van der Waals surface area (Å²) in [6.07, 6.45) is 2.89. The molecule has 1 aliphatic heterocycles. The van der Waals surface area contributed by atoms with Crippen LogP contribution in [0.3, 0.4) is 0 Å². The molecule has 1 fully saturated rings. The SMILES string of the molecule is CC1CCN(CCCC(C)(N)C(N)=O)CC1C. The molecule has 1 rings (SSSR count). The first-order valence-electron chi connectivity index (χ1n) is 6.64. The van der Waals surface area contributed by atoms with Crippen molar-refractivity contribution in [1.29, 1.82) is 0 Å². The van der Waals surface area contributed by atoms with E-state index in [4.69, 9.17) is 11.5 Å². The number of carbonyl (C=O) groups excluding carboxylic acids is 1. The summed E-state index contributed by atoms with van der Waals surface area (Å²) in [5.41, 5.74) is 10.2. The molecular weight excluding hydrogens is 214 g/mol. The van der Waals surface area contributed by atoms with Crippen LogP contribution >= 0.6 is 0 Å². The smallest absolute Gasteiger partial charge is 0.237 e. The summed E-state index contributed by atoms with van der Waals surface area (Å²) >= 11 is 0. The Morgan fingerprint density at radius 3 is 2.59 bits per heavy atom. The lowest BCUT2D eigenvalue weighted by Crippen LogP contribution is -2.49. The standard InChI is InChI=1S/C13H27N3O/c1-10-5-8-16(9-11(10)2)7-4-6-13(3,15)12(14)17/h10-11H,4-9,15H2,1-3H3,(H2,14,17). The van der Waals surface area contributed by atoms with Crippen molar-refractivity contribution in [1.82, 2.24) is 4.90 Å². The molecule has 0 spiro atoms. The summed E-state index contributed by atoms with van der Waals surface area (Å²) < 4.78 is 0. The van der Waals surface area contributed by atoms with E-state index in [0.717, 1.165) is 24.8 Å². The molecule has 3 unspecified atom stereocenters. The molecule has 4 nitrogen and oxygen atoms in total. The first-order chi connectivity index (χ1) is 7.83. The summed E-state index contributed by atoms with van der Waals surface area (Å²) in [6.45, 7) is 9.72. The summed E-state index contributed by atoms with van der Waals surface area (Å²) in [4.78, 5) is 13.6. The number of carbonyl (C=O) groups is 1.